The largest absolute Gasteiger partial charge is 0.504 e. The summed E-state index contributed by atoms with van der Waals surface area (Å²) in [6.07, 6.45) is 1.29. The first-order valence-corrected chi connectivity index (χ1v) is 5.92. The molecule has 1 aromatic carbocycles. The maximum absolute atomic E-state index is 10.9. The summed E-state index contributed by atoms with van der Waals surface area (Å²) in [6.45, 7) is 3.43. The number of nitro groups is 1. The third-order valence-electron chi connectivity index (χ3n) is 2.78. The number of benzene rings is 1. The Kier molecular flexibility index (Phi) is 3.83. The number of hydrogen-bond donors (Lipinski definition) is 1. The van der Waals surface area contributed by atoms with Gasteiger partial charge in [-0.2, -0.15) is 5.10 Å². The molecule has 0 amide bonds. The Morgan fingerprint density at radius 3 is 2.52 bits per heavy atom. The fourth-order valence-corrected chi connectivity index (χ4v) is 1.72. The lowest BCUT2D eigenvalue weighted by Gasteiger charge is -2.06. The Morgan fingerprint density at radius 1 is 1.38 bits per heavy atom. The van der Waals surface area contributed by atoms with Crippen molar-refractivity contribution in [3.8, 4) is 11.5 Å². The van der Waals surface area contributed by atoms with Crippen LogP contribution in [-0.2, 0) is 0 Å². The molecule has 0 saturated carbocycles. The van der Waals surface area contributed by atoms with Gasteiger partial charge < -0.3 is 9.84 Å². The molecular weight excluding hydrogens is 278 g/mol. The lowest BCUT2D eigenvalue weighted by molar-refractivity contribution is -0.385. The van der Waals surface area contributed by atoms with Crippen molar-refractivity contribution in [2.45, 2.75) is 13.8 Å². The first-order valence-electron chi connectivity index (χ1n) is 5.92. The summed E-state index contributed by atoms with van der Waals surface area (Å²) in [5.74, 6) is 0.888. The van der Waals surface area contributed by atoms with Gasteiger partial charge in [-0.1, -0.05) is 0 Å². The number of aromatic hydroxyl groups is 1. The monoisotopic (exact) mass is 291 g/mol. The zero-order valence-corrected chi connectivity index (χ0v) is 11.6. The average molecular weight is 291 g/mol. The minimum Gasteiger partial charge on any atom is -0.504 e. The topological polar surface area (TPSA) is 116 Å². The Morgan fingerprint density at radius 2 is 2.00 bits per heavy atom. The predicted octanol–water partition coefficient (Wildman–Crippen LogP) is 1.40. The molecule has 0 saturated heterocycles. The highest BCUT2D eigenvalue weighted by atomic mass is 16.6. The second-order valence-electron chi connectivity index (χ2n) is 4.19. The Balaban J connectivity index is 2.48. The van der Waals surface area contributed by atoms with Crippen LogP contribution in [0.5, 0.6) is 11.5 Å². The molecule has 0 aliphatic heterocycles. The zero-order valence-electron chi connectivity index (χ0n) is 11.6. The molecule has 0 radical (unpaired) electrons. The lowest BCUT2D eigenvalue weighted by Crippen LogP contribution is -1.98. The molecule has 1 aromatic heterocycles. The van der Waals surface area contributed by atoms with Gasteiger partial charge in [0.1, 0.15) is 0 Å². The third-order valence-corrected chi connectivity index (χ3v) is 2.78. The Labute approximate surface area is 119 Å². The van der Waals surface area contributed by atoms with Crippen LogP contribution in [-0.4, -0.2) is 38.2 Å². The Bertz CT molecular complexity index is 703. The number of nitro benzene ring substituents is 1. The van der Waals surface area contributed by atoms with Crippen molar-refractivity contribution in [1.29, 1.82) is 0 Å². The smallest absolute Gasteiger partial charge is 0.274 e. The van der Waals surface area contributed by atoms with E-state index in [1.165, 1.54) is 24.1 Å². The maximum atomic E-state index is 10.9. The number of nitrogens with zero attached hydrogens (tertiary/aromatic N) is 5. The summed E-state index contributed by atoms with van der Waals surface area (Å²) >= 11 is 0. The molecular formula is C12H13N5O4. The molecule has 0 unspecified atom stereocenters. The fraction of sp³-hybridized carbons (Fsp3) is 0.250. The molecule has 0 aliphatic carbocycles. The summed E-state index contributed by atoms with van der Waals surface area (Å²) in [6, 6.07) is 2.35. The van der Waals surface area contributed by atoms with Gasteiger partial charge in [0.25, 0.3) is 5.69 Å². The normalized spacial score (nSPS) is 11.0. The third kappa shape index (κ3) is 2.81. The summed E-state index contributed by atoms with van der Waals surface area (Å²) in [4.78, 5) is 10.3. The highest BCUT2D eigenvalue weighted by Gasteiger charge is 2.16. The van der Waals surface area contributed by atoms with Gasteiger partial charge in [-0.15, -0.1) is 10.2 Å². The van der Waals surface area contributed by atoms with Gasteiger partial charge in [0.2, 0.25) is 0 Å². The van der Waals surface area contributed by atoms with Crippen molar-refractivity contribution in [2.75, 3.05) is 7.11 Å². The van der Waals surface area contributed by atoms with E-state index in [0.717, 1.165) is 6.07 Å². The number of aromatic nitrogens is 3. The molecule has 2 aromatic rings. The van der Waals surface area contributed by atoms with Crippen molar-refractivity contribution in [3.63, 3.8) is 0 Å². The van der Waals surface area contributed by atoms with E-state index >= 15 is 0 Å². The summed E-state index contributed by atoms with van der Waals surface area (Å²) in [7, 11) is 1.31. The molecule has 0 atom stereocenters. The highest BCUT2D eigenvalue weighted by molar-refractivity contribution is 5.86. The number of rotatable bonds is 4. The number of phenolic OH excluding ortho intramolecular Hbond substituents is 1. The minimum absolute atomic E-state index is 0.00264. The van der Waals surface area contributed by atoms with Gasteiger partial charge >= 0.3 is 0 Å². The van der Waals surface area contributed by atoms with Crippen LogP contribution in [0.2, 0.25) is 0 Å². The van der Waals surface area contributed by atoms with Gasteiger partial charge in [0.05, 0.1) is 24.3 Å². The van der Waals surface area contributed by atoms with E-state index in [1.54, 1.807) is 13.8 Å². The highest BCUT2D eigenvalue weighted by Crippen LogP contribution is 2.33. The summed E-state index contributed by atoms with van der Waals surface area (Å²) < 4.78 is 6.36. The van der Waals surface area contributed by atoms with Crippen LogP contribution in [0.4, 0.5) is 5.69 Å². The first-order chi connectivity index (χ1) is 9.93. The van der Waals surface area contributed by atoms with Crippen molar-refractivity contribution < 1.29 is 14.8 Å². The van der Waals surface area contributed by atoms with Gasteiger partial charge in [-0.3, -0.25) is 10.1 Å². The molecule has 1 heterocycles. The van der Waals surface area contributed by atoms with Crippen LogP contribution < -0.4 is 4.74 Å². The molecule has 9 nitrogen and oxygen atoms in total. The quantitative estimate of drug-likeness (QED) is 0.517. The van der Waals surface area contributed by atoms with Crippen LogP contribution in [0.1, 0.15) is 17.2 Å². The van der Waals surface area contributed by atoms with E-state index in [4.69, 9.17) is 4.74 Å². The number of non-ortho nitro benzene ring substituents is 1. The van der Waals surface area contributed by atoms with Crippen LogP contribution in [0.3, 0.4) is 0 Å². The van der Waals surface area contributed by atoms with Crippen molar-refractivity contribution in [2.24, 2.45) is 5.10 Å². The van der Waals surface area contributed by atoms with E-state index in [1.807, 2.05) is 0 Å². The fourth-order valence-electron chi connectivity index (χ4n) is 1.72. The van der Waals surface area contributed by atoms with E-state index in [-0.39, 0.29) is 22.7 Å². The molecule has 9 heteroatoms. The van der Waals surface area contributed by atoms with Crippen molar-refractivity contribution in [1.82, 2.24) is 14.9 Å². The molecule has 0 fully saturated rings. The van der Waals surface area contributed by atoms with E-state index in [9.17, 15) is 15.2 Å². The minimum atomic E-state index is -0.575. The molecule has 0 bridgehead atoms. The second kappa shape index (κ2) is 5.57. The van der Waals surface area contributed by atoms with Crippen molar-refractivity contribution >= 4 is 11.9 Å². The number of ether oxygens (including phenoxy) is 1. The summed E-state index contributed by atoms with van der Waals surface area (Å²) in [5, 5.41) is 32.6. The van der Waals surface area contributed by atoms with Gasteiger partial charge in [0.15, 0.2) is 23.1 Å². The predicted molar refractivity (Wildman–Crippen MR) is 73.8 cm³/mol. The number of methoxy groups -OCH3 is 1. The van der Waals surface area contributed by atoms with E-state index in [2.05, 4.69) is 15.3 Å². The van der Waals surface area contributed by atoms with E-state index < -0.39 is 4.92 Å². The first kappa shape index (κ1) is 14.4. The van der Waals surface area contributed by atoms with Gasteiger partial charge in [-0.05, 0) is 13.8 Å². The maximum Gasteiger partial charge on any atom is 0.274 e. The van der Waals surface area contributed by atoms with Gasteiger partial charge in [-0.25, -0.2) is 4.68 Å². The molecule has 110 valence electrons. The van der Waals surface area contributed by atoms with Crippen LogP contribution in [0, 0.1) is 24.0 Å². The lowest BCUT2D eigenvalue weighted by atomic mass is 10.2. The van der Waals surface area contributed by atoms with Crippen LogP contribution >= 0.6 is 0 Å². The molecule has 2 rings (SSSR count). The zero-order chi connectivity index (χ0) is 15.6. The SMILES string of the molecule is COc1cc([N+](=O)[O-])cc(/C=N/n2c(C)nnc2C)c1O. The standard InChI is InChI=1S/C12H13N5O4/c1-7-14-15-8(2)16(7)13-6-9-4-10(17(19)20)5-11(21-3)12(9)18/h4-6,18H,1-3H3/b13-6+. The number of aryl methyl sites for hydroxylation is 2. The van der Waals surface area contributed by atoms with Gasteiger partial charge in [0, 0.05) is 11.6 Å². The van der Waals surface area contributed by atoms with Crippen LogP contribution in [0.25, 0.3) is 0 Å². The molecule has 0 spiro atoms. The van der Waals surface area contributed by atoms with Crippen LogP contribution in [0.15, 0.2) is 17.2 Å². The molecule has 1 N–H and O–H groups in total. The Hall–Kier alpha value is -2.97. The average Bonchev–Trinajstić information content (AvgIpc) is 2.77. The van der Waals surface area contributed by atoms with E-state index in [0.29, 0.717) is 11.6 Å². The second-order valence-corrected chi connectivity index (χ2v) is 4.19. The van der Waals surface area contributed by atoms with Crippen molar-refractivity contribution in [3.05, 3.63) is 39.5 Å². The number of phenols is 1. The molecule has 0 aliphatic rings. The molecule has 21 heavy (non-hydrogen) atoms. The summed E-state index contributed by atoms with van der Waals surface area (Å²) in [5.41, 5.74) is -0.0446. The number of hydrogen-bond acceptors (Lipinski definition) is 7.